The summed E-state index contributed by atoms with van der Waals surface area (Å²) < 4.78 is 1.98. The van der Waals surface area contributed by atoms with E-state index in [0.717, 1.165) is 49.5 Å². The lowest BCUT2D eigenvalue weighted by Crippen LogP contribution is -2.58. The number of hydrogen-bond acceptors (Lipinski definition) is 5. The van der Waals surface area contributed by atoms with E-state index in [0.29, 0.717) is 19.1 Å². The van der Waals surface area contributed by atoms with Gasteiger partial charge in [0.1, 0.15) is 0 Å². The summed E-state index contributed by atoms with van der Waals surface area (Å²) in [6.45, 7) is 17.2. The molecular weight excluding hydrogens is 474 g/mol. The Kier molecular flexibility index (Phi) is 7.38. The molecule has 38 heavy (non-hydrogen) atoms. The van der Waals surface area contributed by atoms with E-state index in [2.05, 4.69) is 95.5 Å². The first-order valence-corrected chi connectivity index (χ1v) is 14.0. The Morgan fingerprint density at radius 3 is 2.32 bits per heavy atom. The number of urea groups is 1. The molecule has 0 unspecified atom stereocenters. The molecule has 8 nitrogen and oxygen atoms in total. The lowest BCUT2D eigenvalue weighted by atomic mass is 9.86. The third-order valence-corrected chi connectivity index (χ3v) is 8.45. The maximum Gasteiger partial charge on any atom is 0.317 e. The van der Waals surface area contributed by atoms with Gasteiger partial charge in [0.15, 0.2) is 0 Å². The second kappa shape index (κ2) is 10.6. The van der Waals surface area contributed by atoms with Crippen LogP contribution in [0.2, 0.25) is 0 Å². The number of hydrogen-bond donors (Lipinski definition) is 1. The lowest BCUT2D eigenvalue weighted by molar-refractivity contribution is 0.0102. The summed E-state index contributed by atoms with van der Waals surface area (Å²) in [6, 6.07) is 14.2. The van der Waals surface area contributed by atoms with E-state index in [1.165, 1.54) is 11.1 Å². The first-order chi connectivity index (χ1) is 18.2. The van der Waals surface area contributed by atoms with Crippen LogP contribution in [0.25, 0.3) is 16.6 Å². The largest absolute Gasteiger partial charge is 0.366 e. The zero-order chi connectivity index (χ0) is 27.0. The number of rotatable bonds is 5. The van der Waals surface area contributed by atoms with Gasteiger partial charge >= 0.3 is 6.03 Å². The van der Waals surface area contributed by atoms with Crippen LogP contribution in [0.3, 0.4) is 0 Å². The number of likely N-dealkylation sites (N-methyl/N-ethyl adjacent to an activating group) is 1. The van der Waals surface area contributed by atoms with Gasteiger partial charge in [0, 0.05) is 75.9 Å². The van der Waals surface area contributed by atoms with Crippen molar-refractivity contribution in [2.24, 2.45) is 0 Å². The average Bonchev–Trinajstić information content (AvgIpc) is 3.35. The molecule has 0 saturated carbocycles. The summed E-state index contributed by atoms with van der Waals surface area (Å²) in [6.07, 6.45) is 3.99. The number of nitrogens with zero attached hydrogens (tertiary/aromatic N) is 6. The average molecular weight is 518 g/mol. The minimum absolute atomic E-state index is 0.00449. The number of fused-ring (bicyclic) bond motifs is 1. The van der Waals surface area contributed by atoms with Gasteiger partial charge in [-0.05, 0) is 64.9 Å². The number of amides is 2. The molecule has 0 radical (unpaired) electrons. The smallest absolute Gasteiger partial charge is 0.317 e. The molecule has 5 rings (SSSR count). The highest BCUT2D eigenvalue weighted by atomic mass is 16.2. The van der Waals surface area contributed by atoms with Crippen molar-refractivity contribution in [1.29, 1.82) is 0 Å². The van der Waals surface area contributed by atoms with Crippen LogP contribution >= 0.6 is 0 Å². The molecule has 2 aromatic heterocycles. The fraction of sp³-hybridized carbons (Fsp3) is 0.533. The highest BCUT2D eigenvalue weighted by Crippen LogP contribution is 2.34. The normalized spacial score (nSPS) is 21.6. The SMILES string of the molecule is CC(C)NC(=O)N1CCN(c2ccnn3cc(-c4ccc([C@]5(C)CN(C(C)C)CCN5C)cc4)cc23)CC1. The van der Waals surface area contributed by atoms with E-state index in [1.807, 2.05) is 29.5 Å². The van der Waals surface area contributed by atoms with E-state index in [4.69, 9.17) is 0 Å². The third kappa shape index (κ3) is 5.12. The van der Waals surface area contributed by atoms with Gasteiger partial charge in [0.2, 0.25) is 0 Å². The molecule has 8 heteroatoms. The minimum Gasteiger partial charge on any atom is -0.366 e. The van der Waals surface area contributed by atoms with Crippen LogP contribution in [0, 0.1) is 0 Å². The zero-order valence-corrected chi connectivity index (χ0v) is 23.8. The topological polar surface area (TPSA) is 59.4 Å². The number of anilines is 1. The highest BCUT2D eigenvalue weighted by molar-refractivity contribution is 5.80. The lowest BCUT2D eigenvalue weighted by Gasteiger charge is -2.49. The minimum atomic E-state index is -0.00449. The quantitative estimate of drug-likeness (QED) is 0.552. The van der Waals surface area contributed by atoms with Crippen molar-refractivity contribution in [3.05, 3.63) is 54.4 Å². The molecule has 2 aliphatic heterocycles. The van der Waals surface area contributed by atoms with Gasteiger partial charge in [-0.25, -0.2) is 9.31 Å². The van der Waals surface area contributed by atoms with Gasteiger partial charge in [0.05, 0.1) is 16.7 Å². The van der Waals surface area contributed by atoms with Gasteiger partial charge < -0.3 is 15.1 Å². The Morgan fingerprint density at radius 1 is 0.947 bits per heavy atom. The molecule has 0 aliphatic carbocycles. The number of carbonyl (C=O) groups excluding carboxylic acids is 1. The summed E-state index contributed by atoms with van der Waals surface area (Å²) in [5.41, 5.74) is 5.97. The Balaban J connectivity index is 1.34. The summed E-state index contributed by atoms with van der Waals surface area (Å²) >= 11 is 0. The van der Waals surface area contributed by atoms with E-state index in [-0.39, 0.29) is 17.6 Å². The molecule has 2 fully saturated rings. The van der Waals surface area contributed by atoms with Crippen LogP contribution < -0.4 is 10.2 Å². The standard InChI is InChI=1S/C30H43N7O/c1-22(2)32-29(38)35-17-15-34(16-18-35)27-11-12-31-37-20-25(19-28(27)37)24-7-9-26(10-8-24)30(5)21-36(23(3)4)14-13-33(30)6/h7-12,19-20,22-23H,13-18,21H2,1-6H3,(H,32,38)/t30-/m0/s1. The molecule has 4 heterocycles. The summed E-state index contributed by atoms with van der Waals surface area (Å²) in [7, 11) is 2.25. The molecule has 204 valence electrons. The molecule has 1 atom stereocenters. The first kappa shape index (κ1) is 26.5. The third-order valence-electron chi connectivity index (χ3n) is 8.45. The number of benzene rings is 1. The van der Waals surface area contributed by atoms with Crippen molar-refractivity contribution < 1.29 is 4.79 Å². The van der Waals surface area contributed by atoms with Crippen molar-refractivity contribution >= 4 is 17.2 Å². The Hall–Kier alpha value is -3.10. The van der Waals surface area contributed by atoms with Crippen molar-refractivity contribution in [3.8, 4) is 11.1 Å². The van der Waals surface area contributed by atoms with Gasteiger partial charge in [-0.2, -0.15) is 5.10 Å². The summed E-state index contributed by atoms with van der Waals surface area (Å²) in [5.74, 6) is 0. The number of carbonyl (C=O) groups is 1. The fourth-order valence-electron chi connectivity index (χ4n) is 5.81. The van der Waals surface area contributed by atoms with Gasteiger partial charge in [0.25, 0.3) is 0 Å². The van der Waals surface area contributed by atoms with Crippen molar-refractivity contribution in [3.63, 3.8) is 0 Å². The molecule has 0 spiro atoms. The van der Waals surface area contributed by atoms with Crippen LogP contribution in [0.15, 0.2) is 48.8 Å². The monoisotopic (exact) mass is 517 g/mol. The maximum absolute atomic E-state index is 12.4. The number of piperazine rings is 2. The predicted octanol–water partition coefficient (Wildman–Crippen LogP) is 4.11. The van der Waals surface area contributed by atoms with Gasteiger partial charge in [-0.15, -0.1) is 0 Å². The first-order valence-electron chi connectivity index (χ1n) is 14.0. The molecule has 0 bridgehead atoms. The van der Waals surface area contributed by atoms with Crippen LogP contribution in [-0.4, -0.2) is 95.3 Å². The Morgan fingerprint density at radius 2 is 1.66 bits per heavy atom. The molecule has 1 aromatic carbocycles. The van der Waals surface area contributed by atoms with Crippen LogP contribution in [0.5, 0.6) is 0 Å². The van der Waals surface area contributed by atoms with Crippen molar-refractivity contribution in [1.82, 2.24) is 29.6 Å². The molecule has 1 N–H and O–H groups in total. The van der Waals surface area contributed by atoms with E-state index in [1.54, 1.807) is 0 Å². The summed E-state index contributed by atoms with van der Waals surface area (Å²) in [5, 5.41) is 7.60. The molecular formula is C30H43N7O. The van der Waals surface area contributed by atoms with Crippen molar-refractivity contribution in [2.45, 2.75) is 52.2 Å². The van der Waals surface area contributed by atoms with Crippen LogP contribution in [-0.2, 0) is 5.54 Å². The second-order valence-corrected chi connectivity index (χ2v) is 11.7. The molecule has 3 aromatic rings. The fourth-order valence-corrected chi connectivity index (χ4v) is 5.81. The second-order valence-electron chi connectivity index (χ2n) is 11.7. The molecule has 2 saturated heterocycles. The van der Waals surface area contributed by atoms with E-state index in [9.17, 15) is 4.79 Å². The molecule has 2 aliphatic rings. The van der Waals surface area contributed by atoms with Gasteiger partial charge in [-0.1, -0.05) is 24.3 Å². The maximum atomic E-state index is 12.4. The Labute approximate surface area is 227 Å². The van der Waals surface area contributed by atoms with E-state index >= 15 is 0 Å². The summed E-state index contributed by atoms with van der Waals surface area (Å²) in [4.78, 5) is 21.8. The van der Waals surface area contributed by atoms with Gasteiger partial charge in [-0.3, -0.25) is 9.80 Å². The van der Waals surface area contributed by atoms with Crippen molar-refractivity contribution in [2.75, 3.05) is 57.8 Å². The molecule has 2 amide bonds. The highest BCUT2D eigenvalue weighted by Gasteiger charge is 2.37. The van der Waals surface area contributed by atoms with Crippen LogP contribution in [0.4, 0.5) is 10.5 Å². The zero-order valence-electron chi connectivity index (χ0n) is 23.8. The number of nitrogens with one attached hydrogen (secondary N) is 1. The number of aromatic nitrogens is 2. The predicted molar refractivity (Wildman–Crippen MR) is 155 cm³/mol. The van der Waals surface area contributed by atoms with Crippen LogP contribution in [0.1, 0.15) is 40.2 Å². The Bertz CT molecular complexity index is 1260. The van der Waals surface area contributed by atoms with E-state index < -0.39 is 0 Å².